The van der Waals surface area contributed by atoms with Crippen LogP contribution in [0.2, 0.25) is 0 Å². The second-order valence-corrected chi connectivity index (χ2v) is 5.85. The molecule has 10 nitrogen and oxygen atoms in total. The summed E-state index contributed by atoms with van der Waals surface area (Å²) in [5.74, 6) is 0.116. The molecule has 0 atom stereocenters. The van der Waals surface area contributed by atoms with Gasteiger partial charge in [-0.15, -0.1) is 16.4 Å². The van der Waals surface area contributed by atoms with E-state index in [2.05, 4.69) is 41.1 Å². The Morgan fingerprint density at radius 3 is 2.65 bits per heavy atom. The molecule has 4 aromatic rings. The number of aromatic nitrogens is 7. The molecule has 0 unspecified atom stereocenters. The number of thiazole rings is 1. The lowest BCUT2D eigenvalue weighted by atomic mass is 10.2. The Labute approximate surface area is 151 Å². The molecule has 0 spiro atoms. The molecule has 128 valence electrons. The zero-order chi connectivity index (χ0) is 17.8. The van der Waals surface area contributed by atoms with Crippen molar-refractivity contribution >= 4 is 34.0 Å². The number of benzene rings is 1. The van der Waals surface area contributed by atoms with Crippen LogP contribution in [0, 0.1) is 0 Å². The Kier molecular flexibility index (Phi) is 4.26. The Hall–Kier alpha value is -3.73. The fourth-order valence-corrected chi connectivity index (χ4v) is 2.75. The number of nitrogens with one attached hydrogen (secondary N) is 2. The van der Waals surface area contributed by atoms with Gasteiger partial charge in [0.2, 0.25) is 5.95 Å². The molecule has 2 N–H and O–H groups in total. The van der Waals surface area contributed by atoms with Crippen LogP contribution in [0.1, 0.15) is 10.5 Å². The molecule has 0 bridgehead atoms. The molecule has 0 saturated heterocycles. The topological polar surface area (TPSA) is 123 Å². The van der Waals surface area contributed by atoms with Crippen LogP contribution < -0.4 is 10.6 Å². The van der Waals surface area contributed by atoms with Gasteiger partial charge in [0.1, 0.15) is 12.0 Å². The van der Waals surface area contributed by atoms with Crippen LogP contribution in [0.4, 0.5) is 16.8 Å². The average Bonchev–Trinajstić information content (AvgIpc) is 3.35. The SMILES string of the molecule is O=C(Nc1ccc(-n2cnnn2)cc1)c1csc(Nc2ncccn2)n1. The molecular weight excluding hydrogens is 354 g/mol. The number of amides is 1. The number of rotatable bonds is 5. The van der Waals surface area contributed by atoms with Gasteiger partial charge in [-0.25, -0.2) is 19.6 Å². The summed E-state index contributed by atoms with van der Waals surface area (Å²) in [6.45, 7) is 0. The largest absolute Gasteiger partial charge is 0.321 e. The van der Waals surface area contributed by atoms with Crippen LogP contribution >= 0.6 is 11.3 Å². The monoisotopic (exact) mass is 365 g/mol. The van der Waals surface area contributed by atoms with E-state index in [4.69, 9.17) is 0 Å². The van der Waals surface area contributed by atoms with Crippen molar-refractivity contribution in [2.45, 2.75) is 0 Å². The van der Waals surface area contributed by atoms with Gasteiger partial charge in [0.05, 0.1) is 5.69 Å². The van der Waals surface area contributed by atoms with Crippen molar-refractivity contribution in [3.8, 4) is 5.69 Å². The first-order valence-electron chi connectivity index (χ1n) is 7.42. The molecule has 0 aliphatic rings. The smallest absolute Gasteiger partial charge is 0.275 e. The first-order valence-corrected chi connectivity index (χ1v) is 8.30. The highest BCUT2D eigenvalue weighted by atomic mass is 32.1. The summed E-state index contributed by atoms with van der Waals surface area (Å²) >= 11 is 1.30. The lowest BCUT2D eigenvalue weighted by molar-refractivity contribution is 0.102. The van der Waals surface area contributed by atoms with Crippen molar-refractivity contribution in [3.63, 3.8) is 0 Å². The van der Waals surface area contributed by atoms with Crippen LogP contribution in [-0.4, -0.2) is 41.1 Å². The minimum Gasteiger partial charge on any atom is -0.321 e. The van der Waals surface area contributed by atoms with Crippen LogP contribution in [0.15, 0.2) is 54.4 Å². The van der Waals surface area contributed by atoms with Crippen LogP contribution in [0.3, 0.4) is 0 Å². The number of nitrogens with zero attached hydrogens (tertiary/aromatic N) is 7. The standard InChI is InChI=1S/C15H11N9OS/c25-13(12-8-26-15(20-12)21-14-16-6-1-7-17-14)19-10-2-4-11(5-3-10)24-9-18-22-23-24/h1-9H,(H,19,25)(H,16,17,20,21). The Bertz CT molecular complexity index is 999. The maximum Gasteiger partial charge on any atom is 0.275 e. The lowest BCUT2D eigenvalue weighted by Crippen LogP contribution is -2.12. The summed E-state index contributed by atoms with van der Waals surface area (Å²) in [6.07, 6.45) is 4.74. The average molecular weight is 365 g/mol. The van der Waals surface area contributed by atoms with Gasteiger partial charge < -0.3 is 10.6 Å². The summed E-state index contributed by atoms with van der Waals surface area (Å²) < 4.78 is 1.52. The number of carbonyl (C=O) groups is 1. The van der Waals surface area contributed by atoms with Gasteiger partial charge in [-0.3, -0.25) is 4.79 Å². The van der Waals surface area contributed by atoms with E-state index in [0.717, 1.165) is 5.69 Å². The highest BCUT2D eigenvalue weighted by Crippen LogP contribution is 2.20. The maximum absolute atomic E-state index is 12.3. The van der Waals surface area contributed by atoms with Crippen molar-refractivity contribution in [1.82, 2.24) is 35.2 Å². The van der Waals surface area contributed by atoms with Crippen molar-refractivity contribution in [1.29, 1.82) is 0 Å². The van der Waals surface area contributed by atoms with E-state index in [0.29, 0.717) is 22.5 Å². The zero-order valence-corrected chi connectivity index (χ0v) is 14.0. The highest BCUT2D eigenvalue weighted by molar-refractivity contribution is 7.14. The van der Waals surface area contributed by atoms with Crippen LogP contribution in [-0.2, 0) is 0 Å². The molecule has 0 radical (unpaired) electrons. The molecule has 1 amide bonds. The van der Waals surface area contributed by atoms with E-state index in [1.54, 1.807) is 48.1 Å². The van der Waals surface area contributed by atoms with E-state index >= 15 is 0 Å². The molecule has 1 aromatic carbocycles. The molecule has 11 heteroatoms. The van der Waals surface area contributed by atoms with Gasteiger partial charge in [-0.05, 0) is 40.8 Å². The minimum absolute atomic E-state index is 0.304. The third-order valence-corrected chi connectivity index (χ3v) is 4.02. The van der Waals surface area contributed by atoms with E-state index in [9.17, 15) is 4.79 Å². The molecule has 26 heavy (non-hydrogen) atoms. The predicted octanol–water partition coefficient (Wildman–Crippen LogP) is 1.90. The van der Waals surface area contributed by atoms with Crippen LogP contribution in [0.5, 0.6) is 0 Å². The van der Waals surface area contributed by atoms with Crippen molar-refractivity contribution in [2.24, 2.45) is 0 Å². The van der Waals surface area contributed by atoms with E-state index < -0.39 is 0 Å². The number of hydrogen-bond donors (Lipinski definition) is 2. The van der Waals surface area contributed by atoms with Gasteiger partial charge in [0.15, 0.2) is 5.13 Å². The zero-order valence-electron chi connectivity index (χ0n) is 13.1. The number of anilines is 3. The summed E-state index contributed by atoms with van der Waals surface area (Å²) in [5, 5.41) is 18.9. The van der Waals surface area contributed by atoms with Crippen molar-refractivity contribution in [2.75, 3.05) is 10.6 Å². The molecule has 4 rings (SSSR count). The van der Waals surface area contributed by atoms with E-state index in [1.807, 2.05) is 0 Å². The fourth-order valence-electron chi connectivity index (χ4n) is 2.07. The summed E-state index contributed by atoms with van der Waals surface area (Å²) in [5.41, 5.74) is 1.73. The van der Waals surface area contributed by atoms with Gasteiger partial charge in [-0.1, -0.05) is 0 Å². The maximum atomic E-state index is 12.3. The summed E-state index contributed by atoms with van der Waals surface area (Å²) in [6, 6.07) is 8.84. The van der Waals surface area contributed by atoms with Crippen molar-refractivity contribution in [3.05, 3.63) is 60.1 Å². The van der Waals surface area contributed by atoms with E-state index in [-0.39, 0.29) is 5.91 Å². The molecular formula is C15H11N9OS. The Morgan fingerprint density at radius 2 is 1.92 bits per heavy atom. The molecule has 0 aliphatic heterocycles. The molecule has 0 aliphatic carbocycles. The number of hydrogen-bond acceptors (Lipinski definition) is 9. The normalized spacial score (nSPS) is 10.5. The predicted molar refractivity (Wildman–Crippen MR) is 94.5 cm³/mol. The lowest BCUT2D eigenvalue weighted by Gasteiger charge is -2.04. The Morgan fingerprint density at radius 1 is 1.12 bits per heavy atom. The fraction of sp³-hybridized carbons (Fsp3) is 0. The first-order chi connectivity index (χ1) is 12.8. The van der Waals surface area contributed by atoms with Gasteiger partial charge in [0, 0.05) is 23.5 Å². The summed E-state index contributed by atoms with van der Waals surface area (Å²) in [4.78, 5) is 24.7. The number of tetrazole rings is 1. The third kappa shape index (κ3) is 3.52. The quantitative estimate of drug-likeness (QED) is 0.550. The minimum atomic E-state index is -0.307. The third-order valence-electron chi connectivity index (χ3n) is 3.26. The van der Waals surface area contributed by atoms with Crippen LogP contribution in [0.25, 0.3) is 5.69 Å². The second kappa shape index (κ2) is 7.03. The first kappa shape index (κ1) is 15.8. The van der Waals surface area contributed by atoms with E-state index in [1.165, 1.54) is 22.3 Å². The van der Waals surface area contributed by atoms with Gasteiger partial charge in [-0.2, -0.15) is 0 Å². The second-order valence-electron chi connectivity index (χ2n) is 4.99. The molecule has 3 heterocycles. The Balaban J connectivity index is 1.42. The molecule has 3 aromatic heterocycles. The van der Waals surface area contributed by atoms with Gasteiger partial charge in [0.25, 0.3) is 5.91 Å². The molecule has 0 saturated carbocycles. The molecule has 0 fully saturated rings. The summed E-state index contributed by atoms with van der Waals surface area (Å²) in [7, 11) is 0. The number of carbonyl (C=O) groups excluding carboxylic acids is 1. The van der Waals surface area contributed by atoms with Gasteiger partial charge >= 0.3 is 0 Å². The van der Waals surface area contributed by atoms with Crippen molar-refractivity contribution < 1.29 is 4.79 Å². The highest BCUT2D eigenvalue weighted by Gasteiger charge is 2.12.